The zero-order chi connectivity index (χ0) is 30.7. The molecule has 10 nitrogen and oxygen atoms in total. The van der Waals surface area contributed by atoms with E-state index < -0.39 is 67.6 Å². The second-order valence-corrected chi connectivity index (χ2v) is 13.1. The molecule has 1 aromatic carbocycles. The molecule has 3 aromatic rings. The van der Waals surface area contributed by atoms with E-state index in [2.05, 4.69) is 15.2 Å². The fourth-order valence-corrected chi connectivity index (χ4v) is 6.79. The van der Waals surface area contributed by atoms with Crippen molar-refractivity contribution in [3.8, 4) is 21.3 Å². The summed E-state index contributed by atoms with van der Waals surface area (Å²) in [6.45, 7) is 2.19. The summed E-state index contributed by atoms with van der Waals surface area (Å²) in [4.78, 5) is 17.6. The summed E-state index contributed by atoms with van der Waals surface area (Å²) in [6.07, 6.45) is -5.46. The van der Waals surface area contributed by atoms with Crippen molar-refractivity contribution in [2.45, 2.75) is 55.8 Å². The summed E-state index contributed by atoms with van der Waals surface area (Å²) in [6, 6.07) is -0.479. The second-order valence-electron chi connectivity index (χ2n) is 9.62. The van der Waals surface area contributed by atoms with Gasteiger partial charge in [0.2, 0.25) is 15.9 Å². The van der Waals surface area contributed by atoms with Crippen LogP contribution in [-0.4, -0.2) is 70.7 Å². The predicted octanol–water partition coefficient (Wildman–Crippen LogP) is 5.10. The van der Waals surface area contributed by atoms with Gasteiger partial charge in [0.25, 0.3) is 17.7 Å². The number of alkyl halides is 5. The van der Waals surface area contributed by atoms with Gasteiger partial charge >= 0.3 is 6.18 Å². The van der Waals surface area contributed by atoms with Crippen LogP contribution in [0.4, 0.5) is 22.0 Å². The van der Waals surface area contributed by atoms with E-state index >= 15 is 0 Å². The predicted molar refractivity (Wildman–Crippen MR) is 137 cm³/mol. The van der Waals surface area contributed by atoms with Crippen molar-refractivity contribution < 1.29 is 44.7 Å². The van der Waals surface area contributed by atoms with Crippen LogP contribution in [0.1, 0.15) is 43.6 Å². The Kier molecular flexibility index (Phi) is 8.20. The summed E-state index contributed by atoms with van der Waals surface area (Å²) in [5.74, 6) is -4.45. The van der Waals surface area contributed by atoms with E-state index in [4.69, 9.17) is 27.6 Å². The molecule has 1 aliphatic heterocycles. The number of rotatable bonds is 7. The minimum atomic E-state index is -4.89. The maximum absolute atomic E-state index is 13.9. The molecule has 2 N–H and O–H groups in total. The van der Waals surface area contributed by atoms with Crippen LogP contribution in [0.2, 0.25) is 10.0 Å². The lowest BCUT2D eigenvalue weighted by Crippen LogP contribution is -2.43. The van der Waals surface area contributed by atoms with Gasteiger partial charge in [-0.15, -0.1) is 21.5 Å². The molecule has 0 aliphatic carbocycles. The number of nitrogens with zero attached hydrogens (tertiary/aromatic N) is 4. The first-order valence-electron chi connectivity index (χ1n) is 11.5. The molecule has 1 amide bonds. The molecule has 0 saturated carbocycles. The number of hydrogen-bond acceptors (Lipinski definition) is 9. The highest BCUT2D eigenvalue weighted by Gasteiger charge is 2.42. The van der Waals surface area contributed by atoms with Crippen LogP contribution in [0.5, 0.6) is 0 Å². The van der Waals surface area contributed by atoms with E-state index in [-0.39, 0.29) is 39.5 Å². The Bertz CT molecular complexity index is 1600. The highest BCUT2D eigenvalue weighted by molar-refractivity contribution is 7.89. The topological polar surface area (TPSA) is 139 Å². The Labute approximate surface area is 243 Å². The van der Waals surface area contributed by atoms with Gasteiger partial charge in [0, 0.05) is 18.5 Å². The molecule has 1 aliphatic rings. The molecule has 1 saturated heterocycles. The normalized spacial score (nSPS) is 16.8. The summed E-state index contributed by atoms with van der Waals surface area (Å²) >= 11 is 13.3. The molecule has 0 radical (unpaired) electrons. The Morgan fingerprint density at radius 1 is 1.22 bits per heavy atom. The first-order valence-corrected chi connectivity index (χ1v) is 14.6. The van der Waals surface area contributed by atoms with Crippen molar-refractivity contribution in [2.24, 2.45) is 0 Å². The molecule has 3 heterocycles. The molecule has 4 rings (SSSR count). The van der Waals surface area contributed by atoms with E-state index in [1.807, 2.05) is 0 Å². The molecule has 2 aromatic heterocycles. The lowest BCUT2D eigenvalue weighted by Gasteiger charge is -2.19. The number of thiazole rings is 1. The number of benzene rings is 1. The van der Waals surface area contributed by atoms with Crippen LogP contribution < -0.4 is 4.72 Å². The van der Waals surface area contributed by atoms with Crippen molar-refractivity contribution in [3.63, 3.8) is 0 Å². The average molecular weight is 664 g/mol. The Balaban J connectivity index is 1.82. The molecule has 41 heavy (non-hydrogen) atoms. The number of likely N-dealkylation sites (tertiary alicyclic amines) is 1. The fraction of sp³-hybridized carbons (Fsp3) is 0.455. The van der Waals surface area contributed by atoms with Crippen molar-refractivity contribution in [1.82, 2.24) is 24.8 Å². The van der Waals surface area contributed by atoms with Crippen LogP contribution in [0.25, 0.3) is 21.3 Å². The molecule has 0 spiro atoms. The largest absolute Gasteiger partial charge is 0.415 e. The first kappa shape index (κ1) is 31.5. The lowest BCUT2D eigenvalue weighted by molar-refractivity contribution is -0.147. The molecular formula is C22H20Cl2F5N5O5S2. The number of hydrogen-bond donors (Lipinski definition) is 2. The molecule has 1 unspecified atom stereocenters. The van der Waals surface area contributed by atoms with E-state index in [1.54, 1.807) is 0 Å². The van der Waals surface area contributed by atoms with Crippen molar-refractivity contribution in [1.29, 1.82) is 0 Å². The van der Waals surface area contributed by atoms with Crippen LogP contribution in [-0.2, 0) is 15.6 Å². The van der Waals surface area contributed by atoms with Gasteiger partial charge in [-0.25, -0.2) is 22.2 Å². The number of nitrogens with one attached hydrogen (secondary N) is 1. The Morgan fingerprint density at radius 3 is 2.41 bits per heavy atom. The number of aromatic nitrogens is 3. The maximum atomic E-state index is 13.9. The SMILES string of the molecule is CC(NS(=O)(=O)c1ccc(-c2sc(-c3nnc(C(C)(C)O)o3)nc2C(=O)N2CCC(F)(F)C2)c(Cl)c1Cl)C(F)(F)F. The minimum absolute atomic E-state index is 0.0457. The third kappa shape index (κ3) is 6.49. The van der Waals surface area contributed by atoms with Gasteiger partial charge in [0.05, 0.1) is 21.5 Å². The van der Waals surface area contributed by atoms with Crippen LogP contribution in [0, 0.1) is 0 Å². The number of carbonyl (C=O) groups is 1. The molecule has 224 valence electrons. The number of sulfonamides is 1. The van der Waals surface area contributed by atoms with Crippen molar-refractivity contribution >= 4 is 50.5 Å². The summed E-state index contributed by atoms with van der Waals surface area (Å²) in [5, 5.41) is 16.5. The summed E-state index contributed by atoms with van der Waals surface area (Å²) < 4.78 is 98.8. The zero-order valence-corrected chi connectivity index (χ0v) is 24.3. The van der Waals surface area contributed by atoms with Crippen molar-refractivity contribution in [3.05, 3.63) is 33.8 Å². The average Bonchev–Trinajstić information content (AvgIpc) is 3.57. The van der Waals surface area contributed by atoms with Crippen LogP contribution in [0.15, 0.2) is 21.4 Å². The number of amides is 1. The van der Waals surface area contributed by atoms with E-state index in [1.165, 1.54) is 18.6 Å². The Hall–Kier alpha value is -2.44. The molecule has 19 heteroatoms. The van der Waals surface area contributed by atoms with E-state index in [0.29, 0.717) is 6.92 Å². The first-order chi connectivity index (χ1) is 18.7. The van der Waals surface area contributed by atoms with Gasteiger partial charge < -0.3 is 14.4 Å². The molecule has 1 fully saturated rings. The lowest BCUT2D eigenvalue weighted by atomic mass is 10.1. The van der Waals surface area contributed by atoms with Gasteiger partial charge in [-0.3, -0.25) is 4.79 Å². The number of carbonyl (C=O) groups excluding carboxylic acids is 1. The second kappa shape index (κ2) is 10.7. The van der Waals surface area contributed by atoms with Gasteiger partial charge in [-0.1, -0.05) is 29.3 Å². The highest BCUT2D eigenvalue weighted by Crippen LogP contribution is 2.44. The highest BCUT2D eigenvalue weighted by atomic mass is 35.5. The fourth-order valence-electron chi connectivity index (χ4n) is 3.63. The third-order valence-electron chi connectivity index (χ3n) is 5.82. The van der Waals surface area contributed by atoms with Gasteiger partial charge in [-0.2, -0.15) is 17.9 Å². The van der Waals surface area contributed by atoms with Gasteiger partial charge in [0.15, 0.2) is 5.01 Å². The third-order valence-corrected chi connectivity index (χ3v) is 9.48. The van der Waals surface area contributed by atoms with Crippen LogP contribution in [0.3, 0.4) is 0 Å². The monoisotopic (exact) mass is 663 g/mol. The molecule has 0 bridgehead atoms. The number of aliphatic hydroxyl groups is 1. The number of halogens is 7. The van der Waals surface area contributed by atoms with Gasteiger partial charge in [-0.05, 0) is 26.8 Å². The Morgan fingerprint density at radius 2 is 1.88 bits per heavy atom. The summed E-state index contributed by atoms with van der Waals surface area (Å²) in [7, 11) is -4.81. The van der Waals surface area contributed by atoms with Crippen LogP contribution >= 0.6 is 34.5 Å². The summed E-state index contributed by atoms with van der Waals surface area (Å²) in [5.41, 5.74) is -1.97. The standard InChI is InChI=1S/C22H20Cl2F5N5O5S2/c1-9(22(27,28)29)33-41(37,38)11-5-4-10(12(23)13(11)24)15-14(18(35)34-7-6-21(25,26)8-34)30-17(40-15)16-31-32-19(39-16)20(2,3)36/h4-5,9,33,36H,6-8H2,1-3H3. The molecule has 1 atom stereocenters. The zero-order valence-electron chi connectivity index (χ0n) is 21.2. The quantitative estimate of drug-likeness (QED) is 0.333. The van der Waals surface area contributed by atoms with E-state index in [9.17, 15) is 40.3 Å². The maximum Gasteiger partial charge on any atom is 0.404 e. The van der Waals surface area contributed by atoms with Crippen molar-refractivity contribution in [2.75, 3.05) is 13.1 Å². The smallest absolute Gasteiger partial charge is 0.404 e. The molecular weight excluding hydrogens is 644 g/mol. The van der Waals surface area contributed by atoms with Gasteiger partial charge in [0.1, 0.15) is 22.2 Å². The minimum Gasteiger partial charge on any atom is -0.415 e. The van der Waals surface area contributed by atoms with E-state index in [0.717, 1.165) is 28.4 Å².